The van der Waals surface area contributed by atoms with Crippen molar-refractivity contribution in [1.29, 1.82) is 0 Å². The molecule has 3 heterocycles. The fraction of sp³-hybridized carbons (Fsp3) is 0.292. The summed E-state index contributed by atoms with van der Waals surface area (Å²) in [5.74, 6) is -1.87. The minimum atomic E-state index is -1.82. The van der Waals surface area contributed by atoms with Crippen molar-refractivity contribution >= 4 is 23.5 Å². The molecule has 34 heavy (non-hydrogen) atoms. The first-order chi connectivity index (χ1) is 16.4. The van der Waals surface area contributed by atoms with Gasteiger partial charge in [0, 0.05) is 31.7 Å². The second-order valence-electron chi connectivity index (χ2n) is 8.14. The maximum Gasteiger partial charge on any atom is 0.414 e. The Morgan fingerprint density at radius 3 is 2.35 bits per heavy atom. The van der Waals surface area contributed by atoms with Crippen molar-refractivity contribution in [2.45, 2.75) is 18.8 Å². The molecule has 176 valence electrons. The Labute approximate surface area is 195 Å². The Kier molecular flexibility index (Phi) is 6.98. The van der Waals surface area contributed by atoms with Gasteiger partial charge in [0.1, 0.15) is 0 Å². The van der Waals surface area contributed by atoms with Crippen molar-refractivity contribution in [2.75, 3.05) is 31.1 Å². The Morgan fingerprint density at radius 2 is 1.65 bits per heavy atom. The molecule has 1 fully saturated rings. The molecule has 2 N–H and O–H groups in total. The van der Waals surface area contributed by atoms with Crippen LogP contribution in [0.25, 0.3) is 0 Å². The van der Waals surface area contributed by atoms with Crippen molar-refractivity contribution in [3.63, 3.8) is 0 Å². The third-order valence-corrected chi connectivity index (χ3v) is 5.73. The number of para-hydroxylation sites is 1. The number of carboxylic acids is 2. The predicted octanol–water partition coefficient (Wildman–Crippen LogP) is 1.80. The quantitative estimate of drug-likeness (QED) is 0.542. The van der Waals surface area contributed by atoms with Gasteiger partial charge in [-0.1, -0.05) is 53.7 Å². The zero-order chi connectivity index (χ0) is 24.1. The summed E-state index contributed by atoms with van der Waals surface area (Å²) in [7, 11) is 0. The number of carboxylic acid groups (broad SMARTS) is 2. The molecule has 0 spiro atoms. The number of likely N-dealkylation sites (tertiary alicyclic amines) is 1. The van der Waals surface area contributed by atoms with Gasteiger partial charge in [0.15, 0.2) is 5.82 Å². The molecule has 3 aromatic rings. The average Bonchev–Trinajstić information content (AvgIpc) is 3.44. The first-order valence-corrected chi connectivity index (χ1v) is 10.8. The lowest BCUT2D eigenvalue weighted by Crippen LogP contribution is -2.50. The average molecular weight is 464 g/mol. The number of hydrogen-bond acceptors (Lipinski definition) is 7. The van der Waals surface area contributed by atoms with E-state index in [1.165, 1.54) is 11.1 Å². The summed E-state index contributed by atoms with van der Waals surface area (Å²) in [4.78, 5) is 39.5. The molecule has 2 aliphatic heterocycles. The molecular formula is C24H24N4O6. The summed E-state index contributed by atoms with van der Waals surface area (Å²) in [6, 6.07) is 18.3. The van der Waals surface area contributed by atoms with Crippen LogP contribution in [0, 0.1) is 0 Å². The van der Waals surface area contributed by atoms with E-state index < -0.39 is 11.9 Å². The van der Waals surface area contributed by atoms with Crippen LogP contribution in [-0.2, 0) is 27.2 Å². The molecule has 1 saturated heterocycles. The van der Waals surface area contributed by atoms with Crippen LogP contribution in [0.4, 0.5) is 5.69 Å². The van der Waals surface area contributed by atoms with Gasteiger partial charge in [0.05, 0.1) is 12.5 Å². The fourth-order valence-corrected chi connectivity index (χ4v) is 4.01. The summed E-state index contributed by atoms with van der Waals surface area (Å²) < 4.78 is 5.46. The Hall–Kier alpha value is -4.05. The zero-order valence-electron chi connectivity index (χ0n) is 18.3. The van der Waals surface area contributed by atoms with E-state index in [1.807, 2.05) is 41.3 Å². The minimum absolute atomic E-state index is 0.165. The molecule has 0 unspecified atom stereocenters. The molecular weight excluding hydrogens is 440 g/mol. The lowest BCUT2D eigenvalue weighted by molar-refractivity contribution is -0.159. The highest BCUT2D eigenvalue weighted by Gasteiger charge is 2.35. The normalized spacial score (nSPS) is 15.1. The molecule has 1 amide bonds. The number of aromatic nitrogens is 2. The van der Waals surface area contributed by atoms with Crippen molar-refractivity contribution in [1.82, 2.24) is 15.0 Å². The molecule has 10 nitrogen and oxygen atoms in total. The third kappa shape index (κ3) is 5.46. The third-order valence-electron chi connectivity index (χ3n) is 5.73. The van der Waals surface area contributed by atoms with Gasteiger partial charge in [0.25, 0.3) is 0 Å². The van der Waals surface area contributed by atoms with Crippen LogP contribution in [0.1, 0.15) is 28.8 Å². The van der Waals surface area contributed by atoms with Crippen LogP contribution >= 0.6 is 0 Å². The lowest BCUT2D eigenvalue weighted by atomic mass is 10.00. The lowest BCUT2D eigenvalue weighted by Gasteiger charge is -2.37. The van der Waals surface area contributed by atoms with Gasteiger partial charge in [-0.25, -0.2) is 9.59 Å². The molecule has 2 aliphatic rings. The van der Waals surface area contributed by atoms with Crippen molar-refractivity contribution < 1.29 is 29.1 Å². The van der Waals surface area contributed by atoms with Gasteiger partial charge in [-0.3, -0.25) is 9.69 Å². The van der Waals surface area contributed by atoms with Gasteiger partial charge in [-0.2, -0.15) is 4.98 Å². The van der Waals surface area contributed by atoms with Crippen molar-refractivity contribution in [3.05, 3.63) is 77.4 Å². The standard InChI is InChI=1S/C22H22N4O2.C2H2O4/c27-21(26-11-10-17-8-4-5-9-19(17)26)15-25-13-18(14-25)22-23-20(24-28-22)12-16-6-2-1-3-7-16;3-1(4)2(5)6/h1-9,18H,10-15H2;(H,3,4)(H,5,6). The van der Waals surface area contributed by atoms with Gasteiger partial charge >= 0.3 is 11.9 Å². The van der Waals surface area contributed by atoms with E-state index in [-0.39, 0.29) is 11.8 Å². The number of rotatable bonds is 5. The van der Waals surface area contributed by atoms with Crippen LogP contribution in [0.5, 0.6) is 0 Å². The zero-order valence-corrected chi connectivity index (χ0v) is 18.3. The Bertz CT molecular complexity index is 1160. The molecule has 0 saturated carbocycles. The molecule has 2 aromatic carbocycles. The highest BCUT2D eigenvalue weighted by atomic mass is 16.5. The second-order valence-corrected chi connectivity index (χ2v) is 8.14. The van der Waals surface area contributed by atoms with E-state index in [0.29, 0.717) is 24.7 Å². The highest BCUT2D eigenvalue weighted by molar-refractivity contribution is 6.27. The molecule has 10 heteroatoms. The largest absolute Gasteiger partial charge is 0.473 e. The van der Waals surface area contributed by atoms with Gasteiger partial charge in [0.2, 0.25) is 11.8 Å². The molecule has 1 aromatic heterocycles. The number of anilines is 1. The predicted molar refractivity (Wildman–Crippen MR) is 120 cm³/mol. The first kappa shape index (κ1) is 23.1. The summed E-state index contributed by atoms with van der Waals surface area (Å²) in [5.41, 5.74) is 3.49. The smallest absolute Gasteiger partial charge is 0.414 e. The monoisotopic (exact) mass is 464 g/mol. The number of fused-ring (bicyclic) bond motifs is 1. The van der Waals surface area contributed by atoms with E-state index in [4.69, 9.17) is 24.3 Å². The number of amides is 1. The number of hydrogen-bond donors (Lipinski definition) is 2. The van der Waals surface area contributed by atoms with Gasteiger partial charge in [-0.15, -0.1) is 0 Å². The Morgan fingerprint density at radius 1 is 0.971 bits per heavy atom. The Balaban J connectivity index is 0.000000408. The van der Waals surface area contributed by atoms with E-state index in [1.54, 1.807) is 0 Å². The summed E-state index contributed by atoms with van der Waals surface area (Å²) in [5, 5.41) is 18.9. The number of aliphatic carboxylic acids is 2. The molecule has 0 aliphatic carbocycles. The minimum Gasteiger partial charge on any atom is -0.473 e. The number of benzene rings is 2. The summed E-state index contributed by atoms with van der Waals surface area (Å²) in [6.45, 7) is 2.79. The van der Waals surface area contributed by atoms with E-state index in [0.717, 1.165) is 31.7 Å². The maximum atomic E-state index is 12.7. The molecule has 5 rings (SSSR count). The van der Waals surface area contributed by atoms with Crippen molar-refractivity contribution in [3.8, 4) is 0 Å². The summed E-state index contributed by atoms with van der Waals surface area (Å²) >= 11 is 0. The molecule has 0 atom stereocenters. The number of carbonyl (C=O) groups is 3. The molecule has 0 radical (unpaired) electrons. The first-order valence-electron chi connectivity index (χ1n) is 10.8. The molecule has 0 bridgehead atoms. The van der Waals surface area contributed by atoms with Crippen molar-refractivity contribution in [2.24, 2.45) is 0 Å². The van der Waals surface area contributed by atoms with E-state index in [9.17, 15) is 4.79 Å². The SMILES string of the molecule is O=C(CN1CC(c2nc(Cc3ccccc3)no2)C1)N1CCc2ccccc21.O=C(O)C(=O)O. The van der Waals surface area contributed by atoms with Crippen LogP contribution < -0.4 is 4.90 Å². The second kappa shape index (κ2) is 10.3. The van der Waals surface area contributed by atoms with Crippen LogP contribution in [0.2, 0.25) is 0 Å². The van der Waals surface area contributed by atoms with Crippen LogP contribution in [0.3, 0.4) is 0 Å². The van der Waals surface area contributed by atoms with Gasteiger partial charge in [-0.05, 0) is 23.6 Å². The summed E-state index contributed by atoms with van der Waals surface area (Å²) in [6.07, 6.45) is 1.62. The van der Waals surface area contributed by atoms with E-state index in [2.05, 4.69) is 33.2 Å². The topological polar surface area (TPSA) is 137 Å². The van der Waals surface area contributed by atoms with Crippen LogP contribution in [-0.4, -0.2) is 69.3 Å². The van der Waals surface area contributed by atoms with E-state index >= 15 is 0 Å². The maximum absolute atomic E-state index is 12.7. The van der Waals surface area contributed by atoms with Crippen LogP contribution in [0.15, 0.2) is 59.1 Å². The highest BCUT2D eigenvalue weighted by Crippen LogP contribution is 2.29. The van der Waals surface area contributed by atoms with Gasteiger partial charge < -0.3 is 19.6 Å². The number of carbonyl (C=O) groups excluding carboxylic acids is 1. The fourth-order valence-electron chi connectivity index (χ4n) is 4.01. The number of nitrogens with zero attached hydrogens (tertiary/aromatic N) is 4.